The van der Waals surface area contributed by atoms with Gasteiger partial charge in [0.15, 0.2) is 0 Å². The van der Waals surface area contributed by atoms with Crippen LogP contribution >= 0.6 is 37.2 Å². The molecular weight excluding hydrogens is 551 g/mol. The van der Waals surface area contributed by atoms with Crippen LogP contribution in [0.25, 0.3) is 10.9 Å². The van der Waals surface area contributed by atoms with E-state index in [1.165, 1.54) is 18.2 Å². The van der Waals surface area contributed by atoms with Crippen molar-refractivity contribution >= 4 is 75.6 Å². The molecule has 1 saturated heterocycles. The molecule has 2 heterocycles. The number of rotatable bonds is 7. The number of fused-ring (bicyclic) bond motifs is 1. The number of benzene rings is 2. The zero-order valence-corrected chi connectivity index (χ0v) is 23.0. The van der Waals surface area contributed by atoms with Crippen molar-refractivity contribution in [2.24, 2.45) is 0 Å². The number of hydrogen-bond acceptors (Lipinski definition) is 7. The van der Waals surface area contributed by atoms with Crippen LogP contribution in [0, 0.1) is 0 Å². The Morgan fingerprint density at radius 1 is 1.03 bits per heavy atom. The highest BCUT2D eigenvalue weighted by Crippen LogP contribution is 2.28. The number of aromatic nitrogens is 1. The van der Waals surface area contributed by atoms with Gasteiger partial charge < -0.3 is 19.6 Å². The maximum atomic E-state index is 12.8. The number of nitrogens with one attached hydrogen (secondary N) is 1. The van der Waals surface area contributed by atoms with Crippen LogP contribution < -0.4 is 14.4 Å². The Morgan fingerprint density at radius 3 is 2.25 bits per heavy atom. The van der Waals surface area contributed by atoms with Crippen molar-refractivity contribution in [3.05, 3.63) is 54.1 Å². The molecule has 0 spiro atoms. The number of carboxylic acids is 1. The first kappa shape index (κ1) is 31.5. The summed E-state index contributed by atoms with van der Waals surface area (Å²) in [5.74, 6) is 0.0931. The number of aromatic carboxylic acids is 1. The molecule has 1 fully saturated rings. The molecule has 1 aromatic heterocycles. The minimum absolute atomic E-state index is 0. The molecule has 0 atom stereocenters. The van der Waals surface area contributed by atoms with Gasteiger partial charge >= 0.3 is 5.97 Å². The SMILES string of the molecule is CCOc1ccc(S(=O)(=O)Nc2ccc3nc(N4CCN(C)CC4)cc(C(=O)O)c3c2)cc1.Cl.Cl.Cl. The van der Waals surface area contributed by atoms with Gasteiger partial charge in [0.2, 0.25) is 0 Å². The van der Waals surface area contributed by atoms with E-state index in [1.54, 1.807) is 30.3 Å². The fourth-order valence-corrected chi connectivity index (χ4v) is 4.80. The van der Waals surface area contributed by atoms with E-state index in [9.17, 15) is 18.3 Å². The molecule has 1 aliphatic rings. The van der Waals surface area contributed by atoms with Crippen molar-refractivity contribution in [2.75, 3.05) is 49.5 Å². The number of anilines is 2. The van der Waals surface area contributed by atoms with E-state index < -0.39 is 16.0 Å². The fourth-order valence-electron chi connectivity index (χ4n) is 3.75. The highest BCUT2D eigenvalue weighted by molar-refractivity contribution is 7.92. The van der Waals surface area contributed by atoms with Gasteiger partial charge in [0.1, 0.15) is 11.6 Å². The van der Waals surface area contributed by atoms with E-state index in [0.29, 0.717) is 29.1 Å². The topological polar surface area (TPSA) is 112 Å². The van der Waals surface area contributed by atoms with E-state index in [0.717, 1.165) is 26.2 Å². The highest BCUT2D eigenvalue weighted by atomic mass is 35.5. The first-order valence-corrected chi connectivity index (χ1v) is 12.1. The summed E-state index contributed by atoms with van der Waals surface area (Å²) in [6.45, 7) is 5.59. The Hall–Kier alpha value is -2.50. The number of likely N-dealkylation sites (N-methyl/N-ethyl adjacent to an activating group) is 1. The summed E-state index contributed by atoms with van der Waals surface area (Å²) in [7, 11) is -1.82. The average Bonchev–Trinajstić information content (AvgIpc) is 2.79. The average molecular weight is 580 g/mol. The third-order valence-corrected chi connectivity index (χ3v) is 6.95. The Balaban J connectivity index is 0.00000216. The predicted octanol–water partition coefficient (Wildman–Crippen LogP) is 4.15. The lowest BCUT2D eigenvalue weighted by Crippen LogP contribution is -2.44. The molecule has 2 N–H and O–H groups in total. The maximum Gasteiger partial charge on any atom is 0.336 e. The molecule has 1 aliphatic heterocycles. The van der Waals surface area contributed by atoms with Crippen molar-refractivity contribution < 1.29 is 23.1 Å². The minimum Gasteiger partial charge on any atom is -0.494 e. The van der Waals surface area contributed by atoms with Gasteiger partial charge in [-0.25, -0.2) is 18.2 Å². The van der Waals surface area contributed by atoms with Gasteiger partial charge in [0.05, 0.1) is 22.6 Å². The molecule has 13 heteroatoms. The summed E-state index contributed by atoms with van der Waals surface area (Å²) in [6.07, 6.45) is 0. The Labute approximate surface area is 229 Å². The summed E-state index contributed by atoms with van der Waals surface area (Å²) in [6, 6.07) is 12.4. The summed E-state index contributed by atoms with van der Waals surface area (Å²) in [4.78, 5) is 21.0. The van der Waals surface area contributed by atoms with Crippen LogP contribution in [0.5, 0.6) is 5.75 Å². The van der Waals surface area contributed by atoms with Crippen molar-refractivity contribution in [1.29, 1.82) is 0 Å². The molecule has 0 unspecified atom stereocenters. The first-order chi connectivity index (χ1) is 15.8. The number of carbonyl (C=O) groups is 1. The van der Waals surface area contributed by atoms with Gasteiger partial charge in [-0.3, -0.25) is 4.72 Å². The summed E-state index contributed by atoms with van der Waals surface area (Å²) in [5, 5.41) is 10.2. The molecule has 0 bridgehead atoms. The molecule has 0 aliphatic carbocycles. The predicted molar refractivity (Wildman–Crippen MR) is 149 cm³/mol. The zero-order chi connectivity index (χ0) is 23.6. The lowest BCUT2D eigenvalue weighted by molar-refractivity contribution is 0.0699. The first-order valence-electron chi connectivity index (χ1n) is 10.6. The Morgan fingerprint density at radius 2 is 1.67 bits per heavy atom. The van der Waals surface area contributed by atoms with Crippen molar-refractivity contribution in [1.82, 2.24) is 9.88 Å². The van der Waals surface area contributed by atoms with Crippen LogP contribution in [0.15, 0.2) is 53.4 Å². The molecule has 0 radical (unpaired) electrons. The number of halogens is 3. The van der Waals surface area contributed by atoms with Gasteiger partial charge in [0, 0.05) is 37.3 Å². The van der Waals surface area contributed by atoms with Crippen LogP contribution in [0.4, 0.5) is 11.5 Å². The quantitative estimate of drug-likeness (QED) is 0.429. The third-order valence-electron chi connectivity index (χ3n) is 5.55. The number of ether oxygens (including phenoxy) is 1. The van der Waals surface area contributed by atoms with Gasteiger partial charge in [-0.05, 0) is 62.5 Å². The normalized spacial score (nSPS) is 13.7. The van der Waals surface area contributed by atoms with Gasteiger partial charge in [-0.1, -0.05) is 0 Å². The Bertz CT molecular complexity index is 1280. The molecular formula is C23H29Cl3N4O5S. The molecule has 9 nitrogen and oxygen atoms in total. The molecule has 198 valence electrons. The van der Waals surface area contributed by atoms with Crippen LogP contribution in [0.1, 0.15) is 17.3 Å². The maximum absolute atomic E-state index is 12.8. The van der Waals surface area contributed by atoms with E-state index in [4.69, 9.17) is 4.74 Å². The number of piperazine rings is 1. The lowest BCUT2D eigenvalue weighted by Gasteiger charge is -2.33. The van der Waals surface area contributed by atoms with Crippen LogP contribution in [0.2, 0.25) is 0 Å². The second kappa shape index (κ2) is 13.2. The van der Waals surface area contributed by atoms with Gasteiger partial charge in [-0.15, -0.1) is 37.2 Å². The largest absolute Gasteiger partial charge is 0.494 e. The van der Waals surface area contributed by atoms with Crippen LogP contribution in [0.3, 0.4) is 0 Å². The minimum atomic E-state index is -3.86. The van der Waals surface area contributed by atoms with Crippen molar-refractivity contribution in [3.63, 3.8) is 0 Å². The number of nitrogens with zero attached hydrogens (tertiary/aromatic N) is 3. The number of carboxylic acid groups (broad SMARTS) is 1. The van der Waals surface area contributed by atoms with E-state index in [-0.39, 0.29) is 53.4 Å². The number of hydrogen-bond donors (Lipinski definition) is 2. The van der Waals surface area contributed by atoms with E-state index in [2.05, 4.69) is 19.5 Å². The van der Waals surface area contributed by atoms with E-state index >= 15 is 0 Å². The van der Waals surface area contributed by atoms with Gasteiger partial charge in [0.25, 0.3) is 10.0 Å². The van der Waals surface area contributed by atoms with E-state index in [1.807, 2.05) is 14.0 Å². The van der Waals surface area contributed by atoms with Crippen molar-refractivity contribution in [3.8, 4) is 5.75 Å². The van der Waals surface area contributed by atoms with Crippen LogP contribution in [-0.4, -0.2) is 69.2 Å². The number of sulfonamides is 1. The molecule has 0 saturated carbocycles. The zero-order valence-electron chi connectivity index (χ0n) is 19.7. The highest BCUT2D eigenvalue weighted by Gasteiger charge is 2.20. The molecule has 3 aromatic rings. The standard InChI is InChI=1S/C23H26N4O5S.3ClH/c1-3-32-17-5-7-18(8-6-17)33(30,31)25-16-4-9-21-19(14-16)20(23(28)29)15-22(24-21)27-12-10-26(2)11-13-27;;;/h4-9,14-15,25H,3,10-13H2,1-2H3,(H,28,29);3*1H. The second-order valence-corrected chi connectivity index (χ2v) is 9.55. The molecule has 0 amide bonds. The van der Waals surface area contributed by atoms with Crippen molar-refractivity contribution in [2.45, 2.75) is 11.8 Å². The fraction of sp³-hybridized carbons (Fsp3) is 0.304. The molecule has 4 rings (SSSR count). The summed E-state index contributed by atoms with van der Waals surface area (Å²) in [5.41, 5.74) is 0.830. The smallest absolute Gasteiger partial charge is 0.336 e. The summed E-state index contributed by atoms with van der Waals surface area (Å²) >= 11 is 0. The lowest BCUT2D eigenvalue weighted by atomic mass is 10.1. The third kappa shape index (κ3) is 7.04. The molecule has 2 aromatic carbocycles. The summed E-state index contributed by atoms with van der Waals surface area (Å²) < 4.78 is 33.5. The van der Waals surface area contributed by atoms with Gasteiger partial charge in [-0.2, -0.15) is 0 Å². The molecule has 36 heavy (non-hydrogen) atoms. The second-order valence-electron chi connectivity index (χ2n) is 7.87. The number of pyridine rings is 1. The van der Waals surface area contributed by atoms with Crippen LogP contribution in [-0.2, 0) is 10.0 Å². The monoisotopic (exact) mass is 578 g/mol. The Kier molecular flexibility index (Phi) is 11.5.